The van der Waals surface area contributed by atoms with Gasteiger partial charge in [-0.05, 0) is 75.7 Å². The second-order valence-corrected chi connectivity index (χ2v) is 7.86. The van der Waals surface area contributed by atoms with Crippen LogP contribution in [0.4, 0.5) is 5.69 Å². The molecule has 6 heteroatoms. The third kappa shape index (κ3) is 3.68. The monoisotopic (exact) mass is 431 g/mol. The van der Waals surface area contributed by atoms with E-state index in [1.165, 1.54) is 4.90 Å². The summed E-state index contributed by atoms with van der Waals surface area (Å²) in [5, 5.41) is 11.2. The minimum atomic E-state index is -0.887. The average molecular weight is 431 g/mol. The number of amides is 1. The number of carbonyl (C=O) groups is 2. The summed E-state index contributed by atoms with van der Waals surface area (Å²) in [5.41, 5.74) is 2.77. The number of hydrogen-bond donors (Lipinski definition) is 1. The van der Waals surface area contributed by atoms with E-state index in [9.17, 15) is 14.7 Å². The molecule has 3 aromatic rings. The van der Waals surface area contributed by atoms with Crippen molar-refractivity contribution in [2.24, 2.45) is 0 Å². The normalized spacial score (nSPS) is 17.8. The van der Waals surface area contributed by atoms with E-state index in [2.05, 4.69) is 0 Å². The van der Waals surface area contributed by atoms with Crippen molar-refractivity contribution < 1.29 is 23.8 Å². The Hall–Kier alpha value is -3.80. The summed E-state index contributed by atoms with van der Waals surface area (Å²) in [6.45, 7) is 7.95. The van der Waals surface area contributed by atoms with Gasteiger partial charge in [-0.2, -0.15) is 0 Å². The predicted octanol–water partition coefficient (Wildman–Crippen LogP) is 5.23. The molecule has 32 heavy (non-hydrogen) atoms. The van der Waals surface area contributed by atoms with Crippen molar-refractivity contribution in [1.82, 2.24) is 0 Å². The van der Waals surface area contributed by atoms with E-state index in [0.29, 0.717) is 35.1 Å². The van der Waals surface area contributed by atoms with Crippen LogP contribution in [0.3, 0.4) is 0 Å². The van der Waals surface area contributed by atoms with Gasteiger partial charge in [-0.1, -0.05) is 17.7 Å². The number of Topliss-reactive ketones (excluding diaryl/α,β-unsaturated/α-hetero) is 1. The van der Waals surface area contributed by atoms with E-state index < -0.39 is 17.7 Å². The van der Waals surface area contributed by atoms with Gasteiger partial charge in [-0.3, -0.25) is 14.5 Å². The fraction of sp³-hybridized carbons (Fsp3) is 0.231. The number of carbonyl (C=O) groups excluding carboxylic acids is 2. The Morgan fingerprint density at radius 2 is 1.75 bits per heavy atom. The van der Waals surface area contributed by atoms with Crippen LogP contribution in [0.25, 0.3) is 5.76 Å². The second kappa shape index (κ2) is 8.38. The lowest BCUT2D eigenvalue weighted by atomic mass is 9.96. The van der Waals surface area contributed by atoms with Crippen molar-refractivity contribution in [1.29, 1.82) is 0 Å². The van der Waals surface area contributed by atoms with Crippen molar-refractivity contribution in [3.05, 3.63) is 88.4 Å². The van der Waals surface area contributed by atoms with Crippen molar-refractivity contribution in [3.8, 4) is 5.75 Å². The number of nitrogens with zero attached hydrogens (tertiary/aromatic N) is 1. The molecule has 1 unspecified atom stereocenters. The molecule has 0 aliphatic carbocycles. The Balaban J connectivity index is 1.91. The van der Waals surface area contributed by atoms with E-state index in [1.807, 2.05) is 32.9 Å². The van der Waals surface area contributed by atoms with Gasteiger partial charge in [0.1, 0.15) is 29.1 Å². The Morgan fingerprint density at radius 1 is 1.03 bits per heavy atom. The van der Waals surface area contributed by atoms with Gasteiger partial charge in [0.15, 0.2) is 0 Å². The highest BCUT2D eigenvalue weighted by molar-refractivity contribution is 6.51. The molecule has 0 saturated carbocycles. The van der Waals surface area contributed by atoms with Gasteiger partial charge in [-0.15, -0.1) is 0 Å². The molecular formula is C26H25NO5. The Kier molecular flexibility index (Phi) is 5.61. The molecule has 1 amide bonds. The number of anilines is 1. The van der Waals surface area contributed by atoms with Gasteiger partial charge in [0.05, 0.1) is 12.2 Å². The number of ether oxygens (including phenoxy) is 1. The molecule has 0 bridgehead atoms. The molecular weight excluding hydrogens is 406 g/mol. The van der Waals surface area contributed by atoms with Crippen molar-refractivity contribution in [3.63, 3.8) is 0 Å². The summed E-state index contributed by atoms with van der Waals surface area (Å²) in [7, 11) is 0. The van der Waals surface area contributed by atoms with Crippen molar-refractivity contribution in [2.45, 2.75) is 33.7 Å². The summed E-state index contributed by atoms with van der Waals surface area (Å²) in [6, 6.07) is 15.1. The smallest absolute Gasteiger partial charge is 0.300 e. The molecule has 1 N–H and O–H groups in total. The molecule has 1 aliphatic heterocycles. The van der Waals surface area contributed by atoms with Gasteiger partial charge in [0.2, 0.25) is 0 Å². The third-order valence-electron chi connectivity index (χ3n) is 5.55. The van der Waals surface area contributed by atoms with Gasteiger partial charge < -0.3 is 14.3 Å². The summed E-state index contributed by atoms with van der Waals surface area (Å²) < 4.78 is 11.3. The first-order chi connectivity index (χ1) is 15.3. The number of ketones is 1. The maximum atomic E-state index is 13.2. The summed E-state index contributed by atoms with van der Waals surface area (Å²) in [5.74, 6) is 0.0218. The maximum absolute atomic E-state index is 13.2. The Labute approximate surface area is 186 Å². The molecule has 2 heterocycles. The van der Waals surface area contributed by atoms with Gasteiger partial charge in [0, 0.05) is 11.3 Å². The number of aliphatic hydroxyl groups excluding tert-OH is 1. The molecule has 0 spiro atoms. The zero-order chi connectivity index (χ0) is 23.0. The van der Waals surface area contributed by atoms with Crippen LogP contribution < -0.4 is 9.64 Å². The molecule has 2 aromatic carbocycles. The summed E-state index contributed by atoms with van der Waals surface area (Å²) >= 11 is 0. The van der Waals surface area contributed by atoms with Crippen LogP contribution in [-0.4, -0.2) is 23.4 Å². The summed E-state index contributed by atoms with van der Waals surface area (Å²) in [4.78, 5) is 27.7. The first-order valence-corrected chi connectivity index (χ1v) is 10.5. The zero-order valence-corrected chi connectivity index (χ0v) is 18.5. The highest BCUT2D eigenvalue weighted by atomic mass is 16.5. The van der Waals surface area contributed by atoms with E-state index in [-0.39, 0.29) is 11.3 Å². The van der Waals surface area contributed by atoms with E-state index >= 15 is 0 Å². The van der Waals surface area contributed by atoms with Crippen LogP contribution in [0.15, 0.2) is 64.6 Å². The molecule has 6 nitrogen and oxygen atoms in total. The van der Waals surface area contributed by atoms with Crippen LogP contribution in [0.2, 0.25) is 0 Å². The van der Waals surface area contributed by atoms with E-state index in [0.717, 1.165) is 11.1 Å². The quantitative estimate of drug-likeness (QED) is 0.340. The van der Waals surface area contributed by atoms with E-state index in [1.54, 1.807) is 49.4 Å². The number of benzene rings is 2. The first-order valence-electron chi connectivity index (χ1n) is 10.5. The highest BCUT2D eigenvalue weighted by Crippen LogP contribution is 2.43. The van der Waals surface area contributed by atoms with Crippen molar-refractivity contribution >= 4 is 23.1 Å². The molecule has 0 radical (unpaired) electrons. The first kappa shape index (κ1) is 21.4. The van der Waals surface area contributed by atoms with Crippen LogP contribution in [0.1, 0.15) is 41.2 Å². The number of hydrogen-bond acceptors (Lipinski definition) is 5. The van der Waals surface area contributed by atoms with Crippen molar-refractivity contribution in [2.75, 3.05) is 11.5 Å². The van der Waals surface area contributed by atoms with Crippen LogP contribution in [-0.2, 0) is 9.59 Å². The lowest BCUT2D eigenvalue weighted by Crippen LogP contribution is -2.29. The minimum absolute atomic E-state index is 0.00642. The molecule has 1 aromatic heterocycles. The standard InChI is InChI=1S/C26H25NO5/c1-5-31-19-11-9-18(10-12-19)27-23(21-13-8-17(4)32-21)22(25(29)26(27)30)24(28)20-14-15(2)6-7-16(20)3/h6-14,23,28H,5H2,1-4H3/b24-22+. The van der Waals surface area contributed by atoms with Crippen LogP contribution >= 0.6 is 0 Å². The Morgan fingerprint density at radius 3 is 2.38 bits per heavy atom. The largest absolute Gasteiger partial charge is 0.507 e. The van der Waals surface area contributed by atoms with E-state index in [4.69, 9.17) is 9.15 Å². The SMILES string of the molecule is CCOc1ccc(N2C(=O)C(=O)/C(=C(/O)c3cc(C)ccc3C)C2c2ccc(C)o2)cc1. The maximum Gasteiger partial charge on any atom is 0.300 e. The molecule has 164 valence electrons. The fourth-order valence-electron chi connectivity index (χ4n) is 3.97. The molecule has 4 rings (SSSR count). The number of rotatable bonds is 5. The predicted molar refractivity (Wildman–Crippen MR) is 122 cm³/mol. The number of furan rings is 1. The lowest BCUT2D eigenvalue weighted by molar-refractivity contribution is -0.132. The molecule has 1 saturated heterocycles. The van der Waals surface area contributed by atoms with Gasteiger partial charge >= 0.3 is 0 Å². The Bertz CT molecular complexity index is 1220. The van der Waals surface area contributed by atoms with Crippen LogP contribution in [0.5, 0.6) is 5.75 Å². The number of aliphatic hydroxyl groups is 1. The third-order valence-corrected chi connectivity index (χ3v) is 5.55. The topological polar surface area (TPSA) is 80.0 Å². The molecule has 1 atom stereocenters. The van der Waals surface area contributed by atoms with Gasteiger partial charge in [0.25, 0.3) is 11.7 Å². The molecule has 1 fully saturated rings. The van der Waals surface area contributed by atoms with Gasteiger partial charge in [-0.25, -0.2) is 0 Å². The fourth-order valence-corrected chi connectivity index (χ4v) is 3.97. The summed E-state index contributed by atoms with van der Waals surface area (Å²) in [6.07, 6.45) is 0. The minimum Gasteiger partial charge on any atom is -0.507 e. The second-order valence-electron chi connectivity index (χ2n) is 7.86. The van der Waals surface area contributed by atoms with Crippen LogP contribution in [0, 0.1) is 20.8 Å². The average Bonchev–Trinajstić information content (AvgIpc) is 3.31. The molecule has 1 aliphatic rings. The zero-order valence-electron chi connectivity index (χ0n) is 18.5. The lowest BCUT2D eigenvalue weighted by Gasteiger charge is -2.23. The number of aryl methyl sites for hydroxylation is 3. The highest BCUT2D eigenvalue weighted by Gasteiger charge is 2.48.